The predicted molar refractivity (Wildman–Crippen MR) is 97.2 cm³/mol. The minimum Gasteiger partial charge on any atom is -0.486 e. The molecule has 2 aromatic carbocycles. The number of rotatable bonds is 2. The largest absolute Gasteiger partial charge is 0.486 e. The van der Waals surface area contributed by atoms with Crippen LogP contribution in [-0.2, 0) is 9.53 Å². The topological polar surface area (TPSA) is 57.1 Å². The van der Waals surface area contributed by atoms with Gasteiger partial charge in [-0.1, -0.05) is 18.2 Å². The second-order valence-electron chi connectivity index (χ2n) is 5.22. The molecule has 2 aromatic rings. The summed E-state index contributed by atoms with van der Waals surface area (Å²) in [6, 6.07) is 13.1. The minimum absolute atomic E-state index is 0.265. The van der Waals surface area contributed by atoms with Crippen LogP contribution >= 0.6 is 22.6 Å². The van der Waals surface area contributed by atoms with E-state index in [1.807, 2.05) is 42.5 Å². The maximum absolute atomic E-state index is 12.1. The minimum atomic E-state index is -0.459. The van der Waals surface area contributed by atoms with Gasteiger partial charge < -0.3 is 14.2 Å². The van der Waals surface area contributed by atoms with Crippen LogP contribution in [-0.4, -0.2) is 25.1 Å². The van der Waals surface area contributed by atoms with Crippen LogP contribution in [0.15, 0.2) is 53.2 Å². The molecule has 120 valence electrons. The van der Waals surface area contributed by atoms with Gasteiger partial charge in [-0.2, -0.15) is 0 Å². The standard InChI is InChI=1S/C18H12INO4/c19-13-4-2-1-3-12(13)17-20-14(18(21)24-17)9-11-5-6-15-16(10-11)23-8-7-22-15/h1-6,9-10H,7-8H2/b14-9-. The van der Waals surface area contributed by atoms with E-state index in [0.29, 0.717) is 30.6 Å². The molecule has 0 spiro atoms. The lowest BCUT2D eigenvalue weighted by Gasteiger charge is -2.18. The lowest BCUT2D eigenvalue weighted by molar-refractivity contribution is -0.129. The van der Waals surface area contributed by atoms with Crippen molar-refractivity contribution in [1.82, 2.24) is 0 Å². The Labute approximate surface area is 152 Å². The van der Waals surface area contributed by atoms with Crippen molar-refractivity contribution in [2.45, 2.75) is 0 Å². The first kappa shape index (κ1) is 15.2. The number of hydrogen-bond donors (Lipinski definition) is 0. The summed E-state index contributed by atoms with van der Waals surface area (Å²) in [5.41, 5.74) is 1.87. The Hall–Kier alpha value is -2.35. The summed E-state index contributed by atoms with van der Waals surface area (Å²) >= 11 is 2.19. The first-order valence-electron chi connectivity index (χ1n) is 7.38. The van der Waals surface area contributed by atoms with Crippen molar-refractivity contribution in [3.05, 3.63) is 62.9 Å². The number of ether oxygens (including phenoxy) is 3. The van der Waals surface area contributed by atoms with E-state index in [-0.39, 0.29) is 5.70 Å². The molecule has 0 radical (unpaired) electrons. The molecule has 5 nitrogen and oxygen atoms in total. The predicted octanol–water partition coefficient (Wildman–Crippen LogP) is 3.41. The summed E-state index contributed by atoms with van der Waals surface area (Å²) in [5, 5.41) is 0. The van der Waals surface area contributed by atoms with Gasteiger partial charge in [0.1, 0.15) is 13.2 Å². The summed E-state index contributed by atoms with van der Waals surface area (Å²) in [7, 11) is 0. The quantitative estimate of drug-likeness (QED) is 0.414. The monoisotopic (exact) mass is 433 g/mol. The van der Waals surface area contributed by atoms with E-state index >= 15 is 0 Å². The van der Waals surface area contributed by atoms with Gasteiger partial charge >= 0.3 is 5.97 Å². The Morgan fingerprint density at radius 2 is 1.83 bits per heavy atom. The summed E-state index contributed by atoms with van der Waals surface area (Å²) in [6.45, 7) is 1.06. The number of hydrogen-bond acceptors (Lipinski definition) is 5. The van der Waals surface area contributed by atoms with Gasteiger partial charge in [0.25, 0.3) is 0 Å². The van der Waals surface area contributed by atoms with Crippen molar-refractivity contribution >= 4 is 40.5 Å². The van der Waals surface area contributed by atoms with Gasteiger partial charge in [-0.15, -0.1) is 0 Å². The molecular weight excluding hydrogens is 421 g/mol. The van der Waals surface area contributed by atoms with E-state index in [1.54, 1.807) is 6.08 Å². The summed E-state index contributed by atoms with van der Waals surface area (Å²) in [5.74, 6) is 1.25. The van der Waals surface area contributed by atoms with E-state index in [2.05, 4.69) is 27.6 Å². The summed E-state index contributed by atoms with van der Waals surface area (Å²) in [6.07, 6.45) is 1.68. The Balaban J connectivity index is 1.67. The van der Waals surface area contributed by atoms with Gasteiger partial charge in [-0.05, 0) is 58.5 Å². The van der Waals surface area contributed by atoms with Gasteiger partial charge in [-0.3, -0.25) is 0 Å². The lowest BCUT2D eigenvalue weighted by atomic mass is 10.1. The third kappa shape index (κ3) is 2.89. The Morgan fingerprint density at radius 3 is 2.67 bits per heavy atom. The fourth-order valence-corrected chi connectivity index (χ4v) is 3.08. The third-order valence-corrected chi connectivity index (χ3v) is 4.54. The summed E-state index contributed by atoms with van der Waals surface area (Å²) < 4.78 is 17.3. The maximum atomic E-state index is 12.1. The number of halogens is 1. The lowest BCUT2D eigenvalue weighted by Crippen LogP contribution is -2.15. The van der Waals surface area contributed by atoms with Crippen molar-refractivity contribution in [3.63, 3.8) is 0 Å². The van der Waals surface area contributed by atoms with Crippen molar-refractivity contribution in [2.75, 3.05) is 13.2 Å². The molecule has 0 N–H and O–H groups in total. The molecule has 6 heteroatoms. The molecule has 0 aromatic heterocycles. The van der Waals surface area contributed by atoms with Crippen LogP contribution in [0.3, 0.4) is 0 Å². The molecule has 0 bridgehead atoms. The third-order valence-electron chi connectivity index (χ3n) is 3.59. The Bertz CT molecular complexity index is 888. The number of carbonyl (C=O) groups excluding carboxylic acids is 1. The molecule has 0 unspecified atom stereocenters. The number of esters is 1. The maximum Gasteiger partial charge on any atom is 0.363 e. The number of aliphatic imine (C=N–C) groups is 1. The molecule has 0 fully saturated rings. The number of cyclic esters (lactones) is 1. The van der Waals surface area contributed by atoms with E-state index in [1.165, 1.54) is 0 Å². The highest BCUT2D eigenvalue weighted by atomic mass is 127. The van der Waals surface area contributed by atoms with Crippen LogP contribution in [0.5, 0.6) is 11.5 Å². The van der Waals surface area contributed by atoms with Crippen LogP contribution in [0.2, 0.25) is 0 Å². The number of carbonyl (C=O) groups is 1. The highest BCUT2D eigenvalue weighted by Crippen LogP contribution is 2.32. The molecule has 24 heavy (non-hydrogen) atoms. The van der Waals surface area contributed by atoms with Crippen molar-refractivity contribution < 1.29 is 19.0 Å². The number of fused-ring (bicyclic) bond motifs is 1. The Kier molecular flexibility index (Phi) is 3.97. The molecular formula is C18H12INO4. The zero-order valence-electron chi connectivity index (χ0n) is 12.5. The van der Waals surface area contributed by atoms with Crippen molar-refractivity contribution in [2.24, 2.45) is 4.99 Å². The zero-order chi connectivity index (χ0) is 16.5. The average Bonchev–Trinajstić information content (AvgIpc) is 2.96. The highest BCUT2D eigenvalue weighted by molar-refractivity contribution is 14.1. The van der Waals surface area contributed by atoms with Gasteiger partial charge in [0, 0.05) is 3.57 Å². The molecule has 0 saturated heterocycles. The first-order valence-corrected chi connectivity index (χ1v) is 8.46. The summed E-state index contributed by atoms with van der Waals surface area (Å²) in [4.78, 5) is 16.4. The zero-order valence-corrected chi connectivity index (χ0v) is 14.6. The van der Waals surface area contributed by atoms with E-state index in [9.17, 15) is 4.79 Å². The number of nitrogens with zero attached hydrogens (tertiary/aromatic N) is 1. The molecule has 0 atom stereocenters. The molecule has 2 aliphatic rings. The van der Waals surface area contributed by atoms with Crippen LogP contribution in [0.4, 0.5) is 0 Å². The van der Waals surface area contributed by atoms with Gasteiger partial charge in [0.05, 0.1) is 5.56 Å². The Morgan fingerprint density at radius 1 is 1.04 bits per heavy atom. The van der Waals surface area contributed by atoms with Gasteiger partial charge in [0.2, 0.25) is 5.90 Å². The van der Waals surface area contributed by atoms with Gasteiger partial charge in [0.15, 0.2) is 17.2 Å². The van der Waals surface area contributed by atoms with Crippen LogP contribution in [0.1, 0.15) is 11.1 Å². The fraction of sp³-hybridized carbons (Fsp3) is 0.111. The normalized spacial score (nSPS) is 17.6. The first-order chi connectivity index (χ1) is 11.7. The number of benzene rings is 2. The second kappa shape index (κ2) is 6.27. The molecule has 0 amide bonds. The van der Waals surface area contributed by atoms with Crippen molar-refractivity contribution in [1.29, 1.82) is 0 Å². The highest BCUT2D eigenvalue weighted by Gasteiger charge is 2.25. The fourth-order valence-electron chi connectivity index (χ4n) is 2.47. The molecule has 2 heterocycles. The van der Waals surface area contributed by atoms with E-state index in [4.69, 9.17) is 14.2 Å². The average molecular weight is 433 g/mol. The molecule has 4 rings (SSSR count). The molecule has 0 aliphatic carbocycles. The van der Waals surface area contributed by atoms with Crippen LogP contribution in [0, 0.1) is 3.57 Å². The van der Waals surface area contributed by atoms with Crippen molar-refractivity contribution in [3.8, 4) is 11.5 Å². The second-order valence-corrected chi connectivity index (χ2v) is 6.38. The van der Waals surface area contributed by atoms with Crippen LogP contribution < -0.4 is 9.47 Å². The SMILES string of the molecule is O=C1OC(c2ccccc2I)=N/C1=C\c1ccc2c(c1)OCCO2. The smallest absolute Gasteiger partial charge is 0.363 e. The van der Waals surface area contributed by atoms with Gasteiger partial charge in [-0.25, -0.2) is 9.79 Å². The van der Waals surface area contributed by atoms with E-state index in [0.717, 1.165) is 14.7 Å². The molecule has 2 aliphatic heterocycles. The van der Waals surface area contributed by atoms with E-state index < -0.39 is 5.97 Å². The van der Waals surface area contributed by atoms with Crippen LogP contribution in [0.25, 0.3) is 6.08 Å². The molecule has 0 saturated carbocycles.